The molecule has 1 rings (SSSR count). The summed E-state index contributed by atoms with van der Waals surface area (Å²) in [6, 6.07) is 0. The van der Waals surface area contributed by atoms with E-state index < -0.39 is 5.97 Å². The molecule has 0 atom stereocenters. The molecule has 1 N–H and O–H groups in total. The smallest absolute Gasteiger partial charge is 0.309 e. The maximum Gasteiger partial charge on any atom is 0.309 e. The Labute approximate surface area is 63.6 Å². The van der Waals surface area contributed by atoms with E-state index in [1.54, 1.807) is 14.0 Å². The number of hydrogen-bond donors (Lipinski definition) is 1. The van der Waals surface area contributed by atoms with E-state index >= 15 is 0 Å². The second-order valence-electron chi connectivity index (χ2n) is 2.32. The molecule has 0 aliphatic heterocycles. The topological polar surface area (TPSA) is 68.0 Å². The van der Waals surface area contributed by atoms with Crippen LogP contribution in [0.2, 0.25) is 0 Å². The zero-order valence-corrected chi connectivity index (χ0v) is 6.40. The number of carbonyl (C=O) groups is 1. The summed E-state index contributed by atoms with van der Waals surface area (Å²) in [4.78, 5) is 10.3. The minimum absolute atomic E-state index is 0.0185. The van der Waals surface area contributed by atoms with Crippen LogP contribution < -0.4 is 0 Å². The second kappa shape index (κ2) is 2.69. The third-order valence-corrected chi connectivity index (χ3v) is 1.46. The first kappa shape index (κ1) is 7.71. The van der Waals surface area contributed by atoms with Gasteiger partial charge in [-0.25, -0.2) is 0 Å². The summed E-state index contributed by atoms with van der Waals surface area (Å²) in [5.74, 6) is -0.862. The van der Waals surface area contributed by atoms with E-state index in [0.717, 1.165) is 0 Å². The summed E-state index contributed by atoms with van der Waals surface area (Å²) >= 11 is 0. The maximum atomic E-state index is 10.3. The molecule has 0 bridgehead atoms. The highest BCUT2D eigenvalue weighted by Gasteiger charge is 2.09. The molecule has 0 aliphatic carbocycles. The van der Waals surface area contributed by atoms with Crippen molar-refractivity contribution in [3.63, 3.8) is 0 Å². The molecule has 0 fully saturated rings. The lowest BCUT2D eigenvalue weighted by atomic mass is 10.2. The van der Waals surface area contributed by atoms with Crippen LogP contribution in [0.15, 0.2) is 0 Å². The lowest BCUT2D eigenvalue weighted by Gasteiger charge is -1.95. The Morgan fingerprint density at radius 2 is 2.36 bits per heavy atom. The lowest BCUT2D eigenvalue weighted by Crippen LogP contribution is -2.06. The highest BCUT2D eigenvalue weighted by atomic mass is 16.4. The summed E-state index contributed by atoms with van der Waals surface area (Å²) in [6.07, 6.45) is -0.0185. The van der Waals surface area contributed by atoms with Gasteiger partial charge in [0.25, 0.3) is 0 Å². The standard InChI is InChI=1S/C6H9N3O2/c1-4-5(3-6(10)11)9(2)8-7-4/h3H2,1-2H3,(H,10,11). The highest BCUT2D eigenvalue weighted by Crippen LogP contribution is 2.02. The number of carboxylic acid groups (broad SMARTS) is 1. The summed E-state index contributed by atoms with van der Waals surface area (Å²) in [5, 5.41) is 15.9. The molecule has 11 heavy (non-hydrogen) atoms. The molecule has 0 unspecified atom stereocenters. The number of aromatic nitrogens is 3. The second-order valence-corrected chi connectivity index (χ2v) is 2.32. The SMILES string of the molecule is Cc1nnn(C)c1CC(=O)O. The van der Waals surface area contributed by atoms with Gasteiger partial charge in [-0.1, -0.05) is 5.21 Å². The summed E-state index contributed by atoms with van der Waals surface area (Å²) in [7, 11) is 1.68. The van der Waals surface area contributed by atoms with Crippen molar-refractivity contribution in [3.05, 3.63) is 11.4 Å². The number of aliphatic carboxylic acids is 1. The number of carboxylic acids is 1. The van der Waals surface area contributed by atoms with Crippen LogP contribution in [0.5, 0.6) is 0 Å². The third kappa shape index (κ3) is 1.54. The van der Waals surface area contributed by atoms with Crippen molar-refractivity contribution >= 4 is 5.97 Å². The molecule has 0 radical (unpaired) electrons. The van der Waals surface area contributed by atoms with Gasteiger partial charge in [-0.05, 0) is 6.92 Å². The van der Waals surface area contributed by atoms with Crippen LogP contribution in [0.3, 0.4) is 0 Å². The van der Waals surface area contributed by atoms with Crippen LogP contribution >= 0.6 is 0 Å². The van der Waals surface area contributed by atoms with Crippen molar-refractivity contribution in [2.45, 2.75) is 13.3 Å². The Morgan fingerprint density at radius 3 is 2.73 bits per heavy atom. The van der Waals surface area contributed by atoms with Crippen LogP contribution in [0.25, 0.3) is 0 Å². The summed E-state index contributed by atoms with van der Waals surface area (Å²) in [6.45, 7) is 1.74. The van der Waals surface area contributed by atoms with E-state index in [9.17, 15) is 4.79 Å². The molecule has 1 aromatic rings. The van der Waals surface area contributed by atoms with Gasteiger partial charge in [0.05, 0.1) is 17.8 Å². The van der Waals surface area contributed by atoms with Gasteiger partial charge >= 0.3 is 5.97 Å². The largest absolute Gasteiger partial charge is 0.481 e. The molecule has 1 aromatic heterocycles. The van der Waals surface area contributed by atoms with E-state index in [1.807, 2.05) is 0 Å². The van der Waals surface area contributed by atoms with Crippen LogP contribution in [0.1, 0.15) is 11.4 Å². The highest BCUT2D eigenvalue weighted by molar-refractivity contribution is 5.69. The molecule has 0 amide bonds. The normalized spacial score (nSPS) is 10.0. The first-order valence-electron chi connectivity index (χ1n) is 3.18. The predicted octanol–water partition coefficient (Wildman–Crippen LogP) is -0.249. The van der Waals surface area contributed by atoms with Gasteiger partial charge in [0.15, 0.2) is 0 Å². The minimum atomic E-state index is -0.862. The molecule has 0 spiro atoms. The number of hydrogen-bond acceptors (Lipinski definition) is 3. The zero-order valence-electron chi connectivity index (χ0n) is 6.40. The van der Waals surface area contributed by atoms with Crippen molar-refractivity contribution in [3.8, 4) is 0 Å². The van der Waals surface area contributed by atoms with Crippen LogP contribution in [-0.2, 0) is 18.3 Å². The van der Waals surface area contributed by atoms with Crippen molar-refractivity contribution in [2.75, 3.05) is 0 Å². The number of nitrogens with zero attached hydrogens (tertiary/aromatic N) is 3. The van der Waals surface area contributed by atoms with E-state index in [1.165, 1.54) is 4.68 Å². The van der Waals surface area contributed by atoms with Crippen molar-refractivity contribution in [2.24, 2.45) is 7.05 Å². The molecule has 0 saturated carbocycles. The Morgan fingerprint density at radius 1 is 1.73 bits per heavy atom. The quantitative estimate of drug-likeness (QED) is 0.639. The fourth-order valence-corrected chi connectivity index (χ4v) is 0.866. The van der Waals surface area contributed by atoms with Crippen molar-refractivity contribution < 1.29 is 9.90 Å². The Hall–Kier alpha value is -1.39. The summed E-state index contributed by atoms with van der Waals surface area (Å²) < 4.78 is 1.48. The lowest BCUT2D eigenvalue weighted by molar-refractivity contribution is -0.136. The molecule has 1 heterocycles. The average Bonchev–Trinajstić information content (AvgIpc) is 2.18. The molecule has 0 aliphatic rings. The van der Waals surface area contributed by atoms with Crippen LogP contribution in [0.4, 0.5) is 0 Å². The van der Waals surface area contributed by atoms with Gasteiger partial charge in [0.1, 0.15) is 0 Å². The molecular weight excluding hydrogens is 146 g/mol. The van der Waals surface area contributed by atoms with Crippen LogP contribution in [0, 0.1) is 6.92 Å². The Kier molecular flexibility index (Phi) is 1.89. The van der Waals surface area contributed by atoms with Gasteiger partial charge in [-0.3, -0.25) is 9.48 Å². The molecule has 0 saturated heterocycles. The first-order valence-corrected chi connectivity index (χ1v) is 3.18. The molecule has 60 valence electrons. The first-order chi connectivity index (χ1) is 5.11. The number of aryl methyl sites for hydroxylation is 2. The minimum Gasteiger partial charge on any atom is -0.481 e. The monoisotopic (exact) mass is 155 g/mol. The fraction of sp³-hybridized carbons (Fsp3) is 0.500. The Bertz CT molecular complexity index is 260. The van der Waals surface area contributed by atoms with E-state index in [4.69, 9.17) is 5.11 Å². The van der Waals surface area contributed by atoms with Gasteiger partial charge in [-0.2, -0.15) is 0 Å². The van der Waals surface area contributed by atoms with Gasteiger partial charge in [-0.15, -0.1) is 5.10 Å². The van der Waals surface area contributed by atoms with E-state index in [0.29, 0.717) is 11.4 Å². The zero-order chi connectivity index (χ0) is 8.43. The van der Waals surface area contributed by atoms with E-state index in [-0.39, 0.29) is 6.42 Å². The fourth-order valence-electron chi connectivity index (χ4n) is 0.866. The predicted molar refractivity (Wildman–Crippen MR) is 37.1 cm³/mol. The maximum absolute atomic E-state index is 10.3. The number of rotatable bonds is 2. The summed E-state index contributed by atoms with van der Waals surface area (Å²) in [5.41, 5.74) is 1.33. The Balaban J connectivity index is 2.92. The third-order valence-electron chi connectivity index (χ3n) is 1.46. The molecule has 0 aromatic carbocycles. The van der Waals surface area contributed by atoms with Crippen LogP contribution in [-0.4, -0.2) is 26.1 Å². The van der Waals surface area contributed by atoms with Gasteiger partial charge < -0.3 is 5.11 Å². The molecule has 5 heteroatoms. The van der Waals surface area contributed by atoms with Crippen molar-refractivity contribution in [1.29, 1.82) is 0 Å². The van der Waals surface area contributed by atoms with E-state index in [2.05, 4.69) is 10.3 Å². The average molecular weight is 155 g/mol. The van der Waals surface area contributed by atoms with Crippen molar-refractivity contribution in [1.82, 2.24) is 15.0 Å². The van der Waals surface area contributed by atoms with Gasteiger partial charge in [0.2, 0.25) is 0 Å². The molecular formula is C6H9N3O2. The molecule has 5 nitrogen and oxygen atoms in total. The van der Waals surface area contributed by atoms with Gasteiger partial charge in [0, 0.05) is 7.05 Å².